The van der Waals surface area contributed by atoms with Crippen LogP contribution in [0.25, 0.3) is 0 Å². The van der Waals surface area contributed by atoms with Crippen LogP contribution in [0.2, 0.25) is 0 Å². The van der Waals surface area contributed by atoms with Crippen molar-refractivity contribution in [1.29, 1.82) is 0 Å². The Bertz CT molecular complexity index is 643. The molecule has 0 heterocycles. The molecule has 0 amide bonds. The predicted molar refractivity (Wildman–Crippen MR) is 195 cm³/mol. The molecule has 1 atom stereocenters. The van der Waals surface area contributed by atoms with E-state index >= 15 is 0 Å². The van der Waals surface area contributed by atoms with Crippen LogP contribution in [0.1, 0.15) is 232 Å². The topological polar surface area (TPSA) is 63.6 Å². The minimum Gasteiger partial charge on any atom is -0.481 e. The lowest BCUT2D eigenvalue weighted by Gasteiger charge is -2.18. The van der Waals surface area contributed by atoms with E-state index in [0.29, 0.717) is 6.42 Å². The summed E-state index contributed by atoms with van der Waals surface area (Å²) in [4.78, 5) is 23.4. The van der Waals surface area contributed by atoms with Gasteiger partial charge in [-0.3, -0.25) is 9.59 Å². The van der Waals surface area contributed by atoms with E-state index < -0.39 is 5.97 Å². The Morgan fingerprint density at radius 2 is 0.800 bits per heavy atom. The van der Waals surface area contributed by atoms with Crippen LogP contribution >= 0.6 is 0 Å². The second-order valence-electron chi connectivity index (χ2n) is 13.8. The van der Waals surface area contributed by atoms with Crippen LogP contribution in [0.4, 0.5) is 0 Å². The van der Waals surface area contributed by atoms with E-state index in [9.17, 15) is 9.59 Å². The van der Waals surface area contributed by atoms with Crippen LogP contribution in [0.5, 0.6) is 0 Å². The summed E-state index contributed by atoms with van der Waals surface area (Å²) < 4.78 is 5.98. The first-order valence-corrected chi connectivity index (χ1v) is 20.2. The molecule has 0 aliphatic rings. The molecule has 0 rings (SSSR count). The Labute approximate surface area is 281 Å². The van der Waals surface area contributed by atoms with Crippen molar-refractivity contribution < 1.29 is 19.4 Å². The number of allylic oxidation sites excluding steroid dienone is 2. The van der Waals surface area contributed by atoms with E-state index in [2.05, 4.69) is 26.0 Å². The van der Waals surface area contributed by atoms with Crippen molar-refractivity contribution in [2.75, 3.05) is 0 Å². The lowest BCUT2D eigenvalue weighted by atomic mass is 10.0. The van der Waals surface area contributed by atoms with E-state index in [4.69, 9.17) is 9.84 Å². The molecule has 0 saturated heterocycles. The second kappa shape index (κ2) is 37.1. The summed E-state index contributed by atoms with van der Waals surface area (Å²) in [5.74, 6) is -0.722. The third-order valence-electron chi connectivity index (χ3n) is 9.24. The maximum Gasteiger partial charge on any atom is 0.306 e. The molecule has 4 nitrogen and oxygen atoms in total. The fourth-order valence-electron chi connectivity index (χ4n) is 6.24. The number of ether oxygens (including phenoxy) is 1. The van der Waals surface area contributed by atoms with Gasteiger partial charge in [-0.05, 0) is 64.2 Å². The van der Waals surface area contributed by atoms with Gasteiger partial charge in [0.15, 0.2) is 0 Å². The van der Waals surface area contributed by atoms with Crippen molar-refractivity contribution in [1.82, 2.24) is 0 Å². The van der Waals surface area contributed by atoms with Gasteiger partial charge in [-0.15, -0.1) is 0 Å². The first-order chi connectivity index (χ1) is 22.1. The van der Waals surface area contributed by atoms with Crippen molar-refractivity contribution in [3.05, 3.63) is 12.2 Å². The monoisotopic (exact) mass is 635 g/mol. The number of rotatable bonds is 37. The Balaban J connectivity index is 3.98. The number of hydrogen-bond acceptors (Lipinski definition) is 3. The van der Waals surface area contributed by atoms with Crippen LogP contribution in [0, 0.1) is 0 Å². The van der Waals surface area contributed by atoms with Crippen LogP contribution in [0.15, 0.2) is 12.2 Å². The largest absolute Gasteiger partial charge is 0.481 e. The molecule has 1 N–H and O–H groups in total. The van der Waals surface area contributed by atoms with Gasteiger partial charge in [0.25, 0.3) is 0 Å². The summed E-state index contributed by atoms with van der Waals surface area (Å²) in [5.41, 5.74) is 0. The lowest BCUT2D eigenvalue weighted by molar-refractivity contribution is -0.150. The highest BCUT2D eigenvalue weighted by Gasteiger charge is 2.14. The normalized spacial score (nSPS) is 12.2. The average molecular weight is 635 g/mol. The third kappa shape index (κ3) is 37.0. The maximum atomic E-state index is 12.6. The summed E-state index contributed by atoms with van der Waals surface area (Å²) in [6.45, 7) is 4.54. The molecule has 4 heteroatoms. The number of unbranched alkanes of at least 4 members (excludes halogenated alkanes) is 26. The molecule has 0 spiro atoms. The Morgan fingerprint density at radius 1 is 0.467 bits per heavy atom. The third-order valence-corrected chi connectivity index (χ3v) is 9.24. The van der Waals surface area contributed by atoms with Crippen LogP contribution < -0.4 is 0 Å². The molecule has 0 radical (unpaired) electrons. The molecular formula is C41H78O4. The van der Waals surface area contributed by atoms with Gasteiger partial charge in [-0.2, -0.15) is 0 Å². The quantitative estimate of drug-likeness (QED) is 0.0419. The maximum absolute atomic E-state index is 12.6. The van der Waals surface area contributed by atoms with Gasteiger partial charge in [-0.25, -0.2) is 0 Å². The molecule has 0 saturated carbocycles. The number of carboxylic acids is 1. The molecule has 0 bridgehead atoms. The summed E-state index contributed by atoms with van der Waals surface area (Å²) in [7, 11) is 0. The van der Waals surface area contributed by atoms with Gasteiger partial charge in [0.05, 0.1) is 0 Å². The zero-order valence-corrected chi connectivity index (χ0v) is 30.4. The van der Waals surface area contributed by atoms with Crippen molar-refractivity contribution in [3.63, 3.8) is 0 Å². The fraction of sp³-hybridized carbons (Fsp3) is 0.902. The van der Waals surface area contributed by atoms with Gasteiger partial charge in [-0.1, -0.05) is 167 Å². The Morgan fingerprint density at radius 3 is 1.22 bits per heavy atom. The molecule has 0 aliphatic heterocycles. The second-order valence-corrected chi connectivity index (χ2v) is 13.8. The summed E-state index contributed by atoms with van der Waals surface area (Å²) in [5, 5.41) is 8.85. The zero-order chi connectivity index (χ0) is 32.9. The minimum atomic E-state index is -0.708. The summed E-state index contributed by atoms with van der Waals surface area (Å²) >= 11 is 0. The van der Waals surface area contributed by atoms with E-state index in [1.165, 1.54) is 148 Å². The van der Waals surface area contributed by atoms with E-state index in [1.807, 2.05) is 0 Å². The van der Waals surface area contributed by atoms with E-state index in [-0.39, 0.29) is 18.5 Å². The Kier molecular flexibility index (Phi) is 36.1. The van der Waals surface area contributed by atoms with Crippen molar-refractivity contribution in [2.24, 2.45) is 0 Å². The Hall–Kier alpha value is -1.32. The van der Waals surface area contributed by atoms with Gasteiger partial charge in [0, 0.05) is 12.8 Å². The number of esters is 1. The molecule has 0 aromatic heterocycles. The zero-order valence-electron chi connectivity index (χ0n) is 30.4. The number of hydrogen-bond donors (Lipinski definition) is 1. The molecule has 45 heavy (non-hydrogen) atoms. The molecule has 0 fully saturated rings. The molecule has 1 unspecified atom stereocenters. The SMILES string of the molecule is CCCCCC/C=C\CCCCCCCCC(=O)OC(CCCCCCCCCCCCCCCC)CCCCCCC(=O)O. The minimum absolute atomic E-state index is 0.0136. The standard InChI is InChI=1S/C41H78O4/c1-3-5-7-9-11-13-15-17-19-21-23-25-27-31-35-39(36-32-29-30-33-37-40(42)43)45-41(44)38-34-28-26-24-22-20-18-16-14-12-10-8-6-4-2/h14,16,39H,3-13,15,17-38H2,1-2H3,(H,42,43)/b16-14-. The number of carboxylic acid groups (broad SMARTS) is 1. The van der Waals surface area contributed by atoms with Gasteiger partial charge in [0.2, 0.25) is 0 Å². The van der Waals surface area contributed by atoms with Crippen LogP contribution in [-0.2, 0) is 14.3 Å². The fourth-order valence-corrected chi connectivity index (χ4v) is 6.24. The highest BCUT2D eigenvalue weighted by molar-refractivity contribution is 5.69. The molecule has 0 aliphatic carbocycles. The smallest absolute Gasteiger partial charge is 0.306 e. The first kappa shape index (κ1) is 43.7. The molecular weight excluding hydrogens is 556 g/mol. The molecule has 266 valence electrons. The highest BCUT2D eigenvalue weighted by Crippen LogP contribution is 2.19. The van der Waals surface area contributed by atoms with Gasteiger partial charge in [0.1, 0.15) is 6.10 Å². The summed E-state index contributed by atoms with van der Waals surface area (Å²) in [6.07, 6.45) is 45.1. The van der Waals surface area contributed by atoms with Gasteiger partial charge >= 0.3 is 11.9 Å². The summed E-state index contributed by atoms with van der Waals surface area (Å²) in [6, 6.07) is 0. The number of carbonyl (C=O) groups is 2. The van der Waals surface area contributed by atoms with Gasteiger partial charge < -0.3 is 9.84 Å². The first-order valence-electron chi connectivity index (χ1n) is 20.2. The molecule has 0 aromatic rings. The van der Waals surface area contributed by atoms with Crippen molar-refractivity contribution in [2.45, 2.75) is 238 Å². The molecule has 0 aromatic carbocycles. The predicted octanol–water partition coefficient (Wildman–Crippen LogP) is 13.8. The highest BCUT2D eigenvalue weighted by atomic mass is 16.5. The number of aliphatic carboxylic acids is 1. The lowest BCUT2D eigenvalue weighted by Crippen LogP contribution is -2.18. The van der Waals surface area contributed by atoms with E-state index in [0.717, 1.165) is 57.8 Å². The number of carbonyl (C=O) groups excluding carboxylic acids is 1. The van der Waals surface area contributed by atoms with Crippen molar-refractivity contribution in [3.8, 4) is 0 Å². The van der Waals surface area contributed by atoms with Crippen LogP contribution in [-0.4, -0.2) is 23.1 Å². The van der Waals surface area contributed by atoms with E-state index in [1.54, 1.807) is 0 Å². The van der Waals surface area contributed by atoms with Crippen LogP contribution in [0.3, 0.4) is 0 Å². The average Bonchev–Trinajstić information content (AvgIpc) is 3.02. The van der Waals surface area contributed by atoms with Crippen molar-refractivity contribution >= 4 is 11.9 Å².